The Bertz CT molecular complexity index is 871. The number of carbonyl (C=O) groups is 2. The Labute approximate surface area is 144 Å². The first-order chi connectivity index (χ1) is 11.6. The molecule has 0 amide bonds. The van der Waals surface area contributed by atoms with Crippen LogP contribution in [0, 0.1) is 0 Å². The maximum atomic E-state index is 12.3. The van der Waals surface area contributed by atoms with Gasteiger partial charge >= 0.3 is 5.97 Å². The largest absolute Gasteiger partial charge is 0.423 e. The summed E-state index contributed by atoms with van der Waals surface area (Å²) in [5, 5.41) is 0.466. The van der Waals surface area contributed by atoms with Crippen LogP contribution in [-0.4, -0.2) is 11.8 Å². The van der Waals surface area contributed by atoms with Gasteiger partial charge in [-0.25, -0.2) is 4.79 Å². The van der Waals surface area contributed by atoms with Gasteiger partial charge in [-0.05, 0) is 42.5 Å². The summed E-state index contributed by atoms with van der Waals surface area (Å²) in [4.78, 5) is 24.4. The third kappa shape index (κ3) is 3.70. The molecule has 0 spiro atoms. The van der Waals surface area contributed by atoms with Gasteiger partial charge in [0.25, 0.3) is 0 Å². The Morgan fingerprint density at radius 1 is 0.708 bits per heavy atom. The molecule has 0 saturated carbocycles. The first kappa shape index (κ1) is 16.0. The second-order valence-electron chi connectivity index (χ2n) is 5.12. The molecule has 0 radical (unpaired) electrons. The van der Waals surface area contributed by atoms with Gasteiger partial charge in [0, 0.05) is 16.1 Å². The van der Waals surface area contributed by atoms with Gasteiger partial charge in [-0.3, -0.25) is 4.79 Å². The predicted molar refractivity (Wildman–Crippen MR) is 92.7 cm³/mol. The summed E-state index contributed by atoms with van der Waals surface area (Å²) in [7, 11) is 0. The number of hydrogen-bond acceptors (Lipinski definition) is 3. The molecule has 0 fully saturated rings. The lowest BCUT2D eigenvalue weighted by Gasteiger charge is -2.06. The Hall–Kier alpha value is -2.91. The van der Waals surface area contributed by atoms with E-state index in [0.717, 1.165) is 0 Å². The van der Waals surface area contributed by atoms with Gasteiger partial charge in [0.05, 0.1) is 5.56 Å². The van der Waals surface area contributed by atoms with Crippen LogP contribution in [0.2, 0.25) is 5.02 Å². The Morgan fingerprint density at radius 3 is 2.00 bits per heavy atom. The summed E-state index contributed by atoms with van der Waals surface area (Å²) in [6, 6.07) is 22.0. The van der Waals surface area contributed by atoms with Crippen molar-refractivity contribution in [2.24, 2.45) is 0 Å². The SMILES string of the molecule is O=C(Oc1ccc(C(=O)c2ccccc2)cc1)c1cccc(Cl)c1. The molecule has 0 atom stereocenters. The Kier molecular flexibility index (Phi) is 4.73. The van der Waals surface area contributed by atoms with Crippen molar-refractivity contribution in [3.8, 4) is 5.75 Å². The van der Waals surface area contributed by atoms with Crippen LogP contribution in [0.5, 0.6) is 5.75 Å². The molecule has 0 aromatic heterocycles. The molecule has 24 heavy (non-hydrogen) atoms. The summed E-state index contributed by atoms with van der Waals surface area (Å²) >= 11 is 5.86. The minimum Gasteiger partial charge on any atom is -0.423 e. The number of esters is 1. The summed E-state index contributed by atoms with van der Waals surface area (Å²) in [5.74, 6) is -0.215. The molecule has 0 aliphatic carbocycles. The molecule has 3 aromatic rings. The van der Waals surface area contributed by atoms with Gasteiger partial charge in [0.1, 0.15) is 5.75 Å². The van der Waals surface area contributed by atoms with E-state index in [9.17, 15) is 9.59 Å². The number of benzene rings is 3. The lowest BCUT2D eigenvalue weighted by molar-refractivity contribution is 0.0734. The van der Waals surface area contributed by atoms with E-state index in [4.69, 9.17) is 16.3 Å². The van der Waals surface area contributed by atoms with Gasteiger partial charge in [-0.15, -0.1) is 0 Å². The second kappa shape index (κ2) is 7.11. The predicted octanol–water partition coefficient (Wildman–Crippen LogP) is 4.79. The normalized spacial score (nSPS) is 10.2. The fraction of sp³-hybridized carbons (Fsp3) is 0. The molecule has 4 heteroatoms. The molecular weight excluding hydrogens is 324 g/mol. The molecular formula is C20H13ClO3. The lowest BCUT2D eigenvalue weighted by atomic mass is 10.0. The number of hydrogen-bond donors (Lipinski definition) is 0. The Balaban J connectivity index is 1.73. The molecule has 118 valence electrons. The van der Waals surface area contributed by atoms with Crippen LogP contribution >= 0.6 is 11.6 Å². The third-order valence-electron chi connectivity index (χ3n) is 3.42. The number of carbonyl (C=O) groups excluding carboxylic acids is 2. The fourth-order valence-electron chi connectivity index (χ4n) is 2.21. The average molecular weight is 337 g/mol. The van der Waals surface area contributed by atoms with Gasteiger partial charge in [-0.1, -0.05) is 48.0 Å². The van der Waals surface area contributed by atoms with E-state index in [0.29, 0.717) is 27.5 Å². The lowest BCUT2D eigenvalue weighted by Crippen LogP contribution is -2.08. The van der Waals surface area contributed by atoms with Crippen molar-refractivity contribution in [2.45, 2.75) is 0 Å². The van der Waals surface area contributed by atoms with Crippen LogP contribution in [-0.2, 0) is 0 Å². The van der Waals surface area contributed by atoms with Crippen molar-refractivity contribution in [3.05, 3.63) is 101 Å². The van der Waals surface area contributed by atoms with Crippen LogP contribution in [0.4, 0.5) is 0 Å². The van der Waals surface area contributed by atoms with E-state index in [1.54, 1.807) is 54.6 Å². The van der Waals surface area contributed by atoms with Crippen LogP contribution < -0.4 is 4.74 Å². The monoisotopic (exact) mass is 336 g/mol. The number of ether oxygens (including phenoxy) is 1. The van der Waals surface area contributed by atoms with E-state index in [1.165, 1.54) is 6.07 Å². The van der Waals surface area contributed by atoms with E-state index < -0.39 is 5.97 Å². The molecule has 0 bridgehead atoms. The van der Waals surface area contributed by atoms with Crippen molar-refractivity contribution in [2.75, 3.05) is 0 Å². The van der Waals surface area contributed by atoms with Gasteiger partial charge in [0.15, 0.2) is 5.78 Å². The summed E-state index contributed by atoms with van der Waals surface area (Å²) < 4.78 is 5.29. The van der Waals surface area contributed by atoms with Crippen molar-refractivity contribution in [1.29, 1.82) is 0 Å². The van der Waals surface area contributed by atoms with Crippen molar-refractivity contribution in [3.63, 3.8) is 0 Å². The van der Waals surface area contributed by atoms with Crippen LogP contribution in [0.15, 0.2) is 78.9 Å². The summed E-state index contributed by atoms with van der Waals surface area (Å²) in [6.45, 7) is 0. The maximum absolute atomic E-state index is 12.3. The van der Waals surface area contributed by atoms with Gasteiger partial charge in [-0.2, -0.15) is 0 Å². The summed E-state index contributed by atoms with van der Waals surface area (Å²) in [5.41, 5.74) is 1.51. The van der Waals surface area contributed by atoms with Crippen LogP contribution in [0.3, 0.4) is 0 Å². The quantitative estimate of drug-likeness (QED) is 0.391. The van der Waals surface area contributed by atoms with Crippen LogP contribution in [0.1, 0.15) is 26.3 Å². The van der Waals surface area contributed by atoms with E-state index in [1.807, 2.05) is 18.2 Å². The highest BCUT2D eigenvalue weighted by molar-refractivity contribution is 6.30. The zero-order valence-corrected chi connectivity index (χ0v) is 13.4. The zero-order chi connectivity index (χ0) is 16.9. The second-order valence-corrected chi connectivity index (χ2v) is 5.56. The number of rotatable bonds is 4. The smallest absolute Gasteiger partial charge is 0.343 e. The molecule has 0 N–H and O–H groups in total. The first-order valence-electron chi connectivity index (χ1n) is 7.31. The van der Waals surface area contributed by atoms with Crippen molar-refractivity contribution < 1.29 is 14.3 Å². The van der Waals surface area contributed by atoms with Crippen LogP contribution in [0.25, 0.3) is 0 Å². The van der Waals surface area contributed by atoms with E-state index >= 15 is 0 Å². The first-order valence-corrected chi connectivity index (χ1v) is 7.69. The molecule has 0 aliphatic rings. The van der Waals surface area contributed by atoms with Crippen molar-refractivity contribution in [1.82, 2.24) is 0 Å². The van der Waals surface area contributed by atoms with Gasteiger partial charge in [0.2, 0.25) is 0 Å². The molecule has 3 aromatic carbocycles. The van der Waals surface area contributed by atoms with E-state index in [-0.39, 0.29) is 5.78 Å². The van der Waals surface area contributed by atoms with E-state index in [2.05, 4.69) is 0 Å². The fourth-order valence-corrected chi connectivity index (χ4v) is 2.40. The third-order valence-corrected chi connectivity index (χ3v) is 3.66. The maximum Gasteiger partial charge on any atom is 0.343 e. The highest BCUT2D eigenvalue weighted by Crippen LogP contribution is 2.18. The minimum atomic E-state index is -0.500. The highest BCUT2D eigenvalue weighted by Gasteiger charge is 2.11. The number of ketones is 1. The topological polar surface area (TPSA) is 43.4 Å². The number of halogens is 1. The molecule has 3 nitrogen and oxygen atoms in total. The highest BCUT2D eigenvalue weighted by atomic mass is 35.5. The van der Waals surface area contributed by atoms with Gasteiger partial charge < -0.3 is 4.74 Å². The molecule has 0 aliphatic heterocycles. The standard InChI is InChI=1S/C20H13ClO3/c21-17-8-4-7-16(13-17)20(23)24-18-11-9-15(10-12-18)19(22)14-5-2-1-3-6-14/h1-13H. The minimum absolute atomic E-state index is 0.0803. The molecule has 0 saturated heterocycles. The average Bonchev–Trinajstić information content (AvgIpc) is 2.62. The molecule has 0 unspecified atom stereocenters. The molecule has 0 heterocycles. The zero-order valence-electron chi connectivity index (χ0n) is 12.6. The molecule has 3 rings (SSSR count). The van der Waals surface area contributed by atoms with Crippen molar-refractivity contribution >= 4 is 23.4 Å². The summed E-state index contributed by atoms with van der Waals surface area (Å²) in [6.07, 6.45) is 0. The Morgan fingerprint density at radius 2 is 1.33 bits per heavy atom.